The third-order valence-corrected chi connectivity index (χ3v) is 3.61. The first-order chi connectivity index (χ1) is 11.5. The van der Waals surface area contributed by atoms with Gasteiger partial charge in [0.2, 0.25) is 5.90 Å². The molecule has 1 aliphatic heterocycles. The molecule has 122 valence electrons. The molecule has 0 aliphatic carbocycles. The Balaban J connectivity index is 1.95. The summed E-state index contributed by atoms with van der Waals surface area (Å²) in [4.78, 5) is 16.1. The molecular formula is C17H10BrF2NO3. The Morgan fingerprint density at radius 1 is 1.17 bits per heavy atom. The predicted octanol–water partition coefficient (Wildman–Crippen LogP) is 4.40. The molecule has 4 nitrogen and oxygen atoms in total. The molecule has 0 saturated carbocycles. The molecule has 0 unspecified atom stereocenters. The van der Waals surface area contributed by atoms with Crippen molar-refractivity contribution in [3.05, 3.63) is 69.8 Å². The van der Waals surface area contributed by atoms with Gasteiger partial charge in [-0.1, -0.05) is 40.2 Å². The van der Waals surface area contributed by atoms with E-state index in [1.165, 1.54) is 12.1 Å². The summed E-state index contributed by atoms with van der Waals surface area (Å²) in [6.45, 7) is -2.96. The highest BCUT2D eigenvalue weighted by Crippen LogP contribution is 2.26. The quantitative estimate of drug-likeness (QED) is 0.571. The van der Waals surface area contributed by atoms with Gasteiger partial charge in [0, 0.05) is 15.6 Å². The van der Waals surface area contributed by atoms with Crippen molar-refractivity contribution in [1.29, 1.82) is 0 Å². The smallest absolute Gasteiger partial charge is 0.387 e. The van der Waals surface area contributed by atoms with Gasteiger partial charge < -0.3 is 9.47 Å². The standard InChI is InChI=1S/C17H10BrF2NO3/c18-12-6-3-5-11(8-12)15-21-13(16(22)24-15)9-10-4-1-2-7-14(10)23-17(19)20/h1-9,17H. The van der Waals surface area contributed by atoms with Gasteiger partial charge in [-0.05, 0) is 30.3 Å². The maximum Gasteiger partial charge on any atom is 0.387 e. The summed E-state index contributed by atoms with van der Waals surface area (Å²) in [7, 11) is 0. The summed E-state index contributed by atoms with van der Waals surface area (Å²) in [6, 6.07) is 13.2. The van der Waals surface area contributed by atoms with Crippen LogP contribution in [0.2, 0.25) is 0 Å². The van der Waals surface area contributed by atoms with Crippen LogP contribution in [0.1, 0.15) is 11.1 Å². The van der Waals surface area contributed by atoms with Crippen molar-refractivity contribution in [2.45, 2.75) is 6.61 Å². The molecule has 0 atom stereocenters. The summed E-state index contributed by atoms with van der Waals surface area (Å²) in [5, 5.41) is 0. The van der Waals surface area contributed by atoms with Crippen LogP contribution in [-0.2, 0) is 9.53 Å². The van der Waals surface area contributed by atoms with E-state index in [2.05, 4.69) is 25.7 Å². The molecule has 1 heterocycles. The van der Waals surface area contributed by atoms with Crippen LogP contribution < -0.4 is 4.74 Å². The fourth-order valence-corrected chi connectivity index (χ4v) is 2.50. The predicted molar refractivity (Wildman–Crippen MR) is 87.8 cm³/mol. The summed E-state index contributed by atoms with van der Waals surface area (Å²) < 4.78 is 35.3. The number of nitrogens with zero attached hydrogens (tertiary/aromatic N) is 1. The zero-order chi connectivity index (χ0) is 17.1. The molecule has 0 spiro atoms. The van der Waals surface area contributed by atoms with Crippen LogP contribution in [0.5, 0.6) is 5.75 Å². The number of carbonyl (C=O) groups excluding carboxylic acids is 1. The Bertz CT molecular complexity index is 849. The Morgan fingerprint density at radius 3 is 2.71 bits per heavy atom. The Morgan fingerprint density at radius 2 is 1.96 bits per heavy atom. The molecular weight excluding hydrogens is 384 g/mol. The van der Waals surface area contributed by atoms with Crippen LogP contribution >= 0.6 is 15.9 Å². The molecule has 3 rings (SSSR count). The highest BCUT2D eigenvalue weighted by molar-refractivity contribution is 9.10. The minimum Gasteiger partial charge on any atom is -0.434 e. The van der Waals surface area contributed by atoms with Crippen LogP contribution in [0.25, 0.3) is 6.08 Å². The lowest BCUT2D eigenvalue weighted by atomic mass is 10.1. The maximum absolute atomic E-state index is 12.4. The highest BCUT2D eigenvalue weighted by atomic mass is 79.9. The number of rotatable bonds is 4. The van der Waals surface area contributed by atoms with Crippen LogP contribution in [0.15, 0.2) is 63.7 Å². The van der Waals surface area contributed by atoms with Crippen LogP contribution in [0, 0.1) is 0 Å². The zero-order valence-electron chi connectivity index (χ0n) is 12.1. The van der Waals surface area contributed by atoms with Crippen LogP contribution in [0.3, 0.4) is 0 Å². The second kappa shape index (κ2) is 6.92. The molecule has 2 aromatic rings. The number of esters is 1. The molecule has 7 heteroatoms. The first-order valence-electron chi connectivity index (χ1n) is 6.85. The zero-order valence-corrected chi connectivity index (χ0v) is 13.7. The second-order valence-corrected chi connectivity index (χ2v) is 5.68. The van der Waals surface area contributed by atoms with E-state index >= 15 is 0 Å². The average molecular weight is 394 g/mol. The van der Waals surface area contributed by atoms with Gasteiger partial charge in [0.25, 0.3) is 0 Å². The van der Waals surface area contributed by atoms with Crippen molar-refractivity contribution in [3.63, 3.8) is 0 Å². The average Bonchev–Trinajstić information content (AvgIpc) is 2.90. The lowest BCUT2D eigenvalue weighted by Gasteiger charge is -2.07. The van der Waals surface area contributed by atoms with Gasteiger partial charge in [0.05, 0.1) is 0 Å². The summed E-state index contributed by atoms with van der Waals surface area (Å²) in [6.07, 6.45) is 1.35. The number of cyclic esters (lactones) is 1. The van der Waals surface area contributed by atoms with Crippen molar-refractivity contribution >= 4 is 33.9 Å². The third kappa shape index (κ3) is 3.68. The normalized spacial score (nSPS) is 15.6. The van der Waals surface area contributed by atoms with Crippen molar-refractivity contribution in [2.24, 2.45) is 4.99 Å². The van der Waals surface area contributed by atoms with Crippen molar-refractivity contribution in [3.8, 4) is 5.75 Å². The third-order valence-electron chi connectivity index (χ3n) is 3.12. The summed E-state index contributed by atoms with van der Waals surface area (Å²) in [5.74, 6) is -0.546. The van der Waals surface area contributed by atoms with E-state index in [9.17, 15) is 13.6 Å². The maximum atomic E-state index is 12.4. The fraction of sp³-hybridized carbons (Fsp3) is 0.0588. The Kier molecular flexibility index (Phi) is 4.71. The number of hydrogen-bond donors (Lipinski definition) is 0. The van der Waals surface area contributed by atoms with Crippen molar-refractivity contribution < 1.29 is 23.0 Å². The fourth-order valence-electron chi connectivity index (χ4n) is 2.10. The number of halogens is 3. The molecule has 2 aromatic carbocycles. The van der Waals surface area contributed by atoms with E-state index in [-0.39, 0.29) is 17.3 Å². The number of ether oxygens (including phenoxy) is 2. The lowest BCUT2D eigenvalue weighted by molar-refractivity contribution is -0.129. The number of carbonyl (C=O) groups is 1. The molecule has 0 fully saturated rings. The van der Waals surface area contributed by atoms with Gasteiger partial charge >= 0.3 is 12.6 Å². The van der Waals surface area contributed by atoms with Crippen molar-refractivity contribution in [1.82, 2.24) is 0 Å². The number of benzene rings is 2. The van der Waals surface area contributed by atoms with Crippen LogP contribution in [0.4, 0.5) is 8.78 Å². The number of hydrogen-bond acceptors (Lipinski definition) is 4. The number of aliphatic imine (C=N–C) groups is 1. The van der Waals surface area contributed by atoms with Gasteiger partial charge in [-0.3, -0.25) is 0 Å². The van der Waals surface area contributed by atoms with E-state index in [0.717, 1.165) is 4.47 Å². The lowest BCUT2D eigenvalue weighted by Crippen LogP contribution is -2.05. The molecule has 0 radical (unpaired) electrons. The second-order valence-electron chi connectivity index (χ2n) is 4.76. The first kappa shape index (κ1) is 16.3. The van der Waals surface area contributed by atoms with Gasteiger partial charge in [0.1, 0.15) is 5.75 Å². The largest absolute Gasteiger partial charge is 0.434 e. The molecule has 0 amide bonds. The topological polar surface area (TPSA) is 47.9 Å². The SMILES string of the molecule is O=C1OC(c2cccc(Br)c2)=NC1=Cc1ccccc1OC(F)F. The molecule has 0 aromatic heterocycles. The van der Waals surface area contributed by atoms with Gasteiger partial charge in [-0.2, -0.15) is 8.78 Å². The minimum atomic E-state index is -2.96. The Hall–Kier alpha value is -2.54. The highest BCUT2D eigenvalue weighted by Gasteiger charge is 2.24. The van der Waals surface area contributed by atoms with Gasteiger partial charge in [0.15, 0.2) is 5.70 Å². The molecule has 1 aliphatic rings. The monoisotopic (exact) mass is 393 g/mol. The minimum absolute atomic E-state index is 0.00953. The summed E-state index contributed by atoms with van der Waals surface area (Å²) >= 11 is 3.33. The van der Waals surface area contributed by atoms with Gasteiger partial charge in [-0.25, -0.2) is 9.79 Å². The van der Waals surface area contributed by atoms with E-state index in [4.69, 9.17) is 4.74 Å². The Labute approximate surface area is 144 Å². The van der Waals surface area contributed by atoms with Crippen LogP contribution in [-0.4, -0.2) is 18.5 Å². The molecule has 0 bridgehead atoms. The molecule has 0 saturated heterocycles. The van der Waals surface area contributed by atoms with Crippen molar-refractivity contribution in [2.75, 3.05) is 0 Å². The molecule has 0 N–H and O–H groups in total. The summed E-state index contributed by atoms with van der Waals surface area (Å²) in [5.41, 5.74) is 0.942. The number of para-hydroxylation sites is 1. The number of alkyl halides is 2. The first-order valence-corrected chi connectivity index (χ1v) is 7.64. The van der Waals surface area contributed by atoms with E-state index in [1.54, 1.807) is 36.4 Å². The van der Waals surface area contributed by atoms with E-state index in [1.807, 2.05) is 6.07 Å². The van der Waals surface area contributed by atoms with Gasteiger partial charge in [-0.15, -0.1) is 0 Å². The van der Waals surface area contributed by atoms with E-state index in [0.29, 0.717) is 11.1 Å². The van der Waals surface area contributed by atoms with E-state index < -0.39 is 12.6 Å². The molecule has 24 heavy (non-hydrogen) atoms.